The summed E-state index contributed by atoms with van der Waals surface area (Å²) in [5.74, 6) is -0.350. The highest BCUT2D eigenvalue weighted by atomic mass is 32.2. The SMILES string of the molecule is Cc1ccccc1/C(=N/O)C(=O)c1ccc(Sc2ccc(C(=O)c3ccccc3)cc2)cc1. The lowest BCUT2D eigenvalue weighted by Crippen LogP contribution is -2.17. The fourth-order valence-corrected chi connectivity index (χ4v) is 4.25. The first kappa shape index (κ1) is 22.2. The van der Waals surface area contributed by atoms with Crippen molar-refractivity contribution >= 4 is 29.0 Å². The van der Waals surface area contributed by atoms with Crippen molar-refractivity contribution in [1.82, 2.24) is 0 Å². The van der Waals surface area contributed by atoms with Crippen molar-refractivity contribution in [2.24, 2.45) is 5.16 Å². The summed E-state index contributed by atoms with van der Waals surface area (Å²) in [4.78, 5) is 27.4. The normalized spacial score (nSPS) is 11.2. The molecule has 0 spiro atoms. The van der Waals surface area contributed by atoms with E-state index in [1.807, 2.05) is 73.7 Å². The number of oxime groups is 1. The highest BCUT2D eigenvalue weighted by molar-refractivity contribution is 7.99. The van der Waals surface area contributed by atoms with Gasteiger partial charge in [0.15, 0.2) is 11.5 Å². The van der Waals surface area contributed by atoms with Gasteiger partial charge in [-0.15, -0.1) is 0 Å². The fraction of sp³-hybridized carbons (Fsp3) is 0.0357. The van der Waals surface area contributed by atoms with Crippen LogP contribution in [0.1, 0.15) is 37.4 Å². The molecule has 33 heavy (non-hydrogen) atoms. The van der Waals surface area contributed by atoms with Crippen LogP contribution in [0.5, 0.6) is 0 Å². The van der Waals surface area contributed by atoms with E-state index in [9.17, 15) is 14.8 Å². The third-order valence-electron chi connectivity index (χ3n) is 5.22. The van der Waals surface area contributed by atoms with Crippen LogP contribution in [-0.4, -0.2) is 22.5 Å². The standard InChI is InChI=1S/C28H21NO3S/c1-19-7-5-6-10-25(19)26(29-32)28(31)22-13-17-24(18-14-22)33-23-15-11-21(12-16-23)27(30)20-8-3-2-4-9-20/h2-18,32H,1H3/b29-26-. The number of carbonyl (C=O) groups is 2. The summed E-state index contributed by atoms with van der Waals surface area (Å²) in [6.45, 7) is 1.87. The molecule has 0 saturated heterocycles. The number of ketones is 2. The molecule has 0 atom stereocenters. The Morgan fingerprint density at radius 2 is 1.18 bits per heavy atom. The quantitative estimate of drug-likeness (QED) is 0.152. The second-order valence-electron chi connectivity index (χ2n) is 7.44. The summed E-state index contributed by atoms with van der Waals surface area (Å²) >= 11 is 1.54. The van der Waals surface area contributed by atoms with Crippen molar-refractivity contribution in [3.63, 3.8) is 0 Å². The lowest BCUT2D eigenvalue weighted by atomic mass is 9.97. The van der Waals surface area contributed by atoms with Crippen molar-refractivity contribution in [2.75, 3.05) is 0 Å². The molecule has 0 aliphatic rings. The molecule has 0 aromatic heterocycles. The fourth-order valence-electron chi connectivity index (χ4n) is 3.44. The van der Waals surface area contributed by atoms with Crippen LogP contribution < -0.4 is 0 Å². The first-order chi connectivity index (χ1) is 16.1. The van der Waals surface area contributed by atoms with Crippen LogP contribution in [0.25, 0.3) is 0 Å². The number of aryl methyl sites for hydroxylation is 1. The second kappa shape index (κ2) is 10.1. The van der Waals surface area contributed by atoms with Gasteiger partial charge in [0, 0.05) is 32.0 Å². The van der Waals surface area contributed by atoms with Crippen molar-refractivity contribution in [3.8, 4) is 0 Å². The number of carbonyl (C=O) groups excluding carboxylic acids is 2. The molecule has 4 rings (SSSR count). The molecule has 162 valence electrons. The number of rotatable bonds is 7. The van der Waals surface area contributed by atoms with Crippen LogP contribution in [0.2, 0.25) is 0 Å². The Labute approximate surface area is 196 Å². The van der Waals surface area contributed by atoms with E-state index >= 15 is 0 Å². The summed E-state index contributed by atoms with van der Waals surface area (Å²) < 4.78 is 0. The third-order valence-corrected chi connectivity index (χ3v) is 6.24. The molecule has 0 heterocycles. The maximum absolute atomic E-state index is 12.9. The lowest BCUT2D eigenvalue weighted by Gasteiger charge is -2.08. The smallest absolute Gasteiger partial charge is 0.215 e. The van der Waals surface area contributed by atoms with Gasteiger partial charge < -0.3 is 5.21 Å². The van der Waals surface area contributed by atoms with Crippen LogP contribution in [0.15, 0.2) is 118 Å². The Bertz CT molecular complexity index is 1310. The molecule has 1 N–H and O–H groups in total. The molecule has 0 aliphatic heterocycles. The molecule has 0 aliphatic carbocycles. The minimum Gasteiger partial charge on any atom is -0.410 e. The molecule has 0 radical (unpaired) electrons. The van der Waals surface area contributed by atoms with Gasteiger partial charge in [-0.25, -0.2) is 0 Å². The van der Waals surface area contributed by atoms with Gasteiger partial charge in [0.25, 0.3) is 0 Å². The van der Waals surface area contributed by atoms with Crippen molar-refractivity contribution in [2.45, 2.75) is 16.7 Å². The first-order valence-corrected chi connectivity index (χ1v) is 11.2. The van der Waals surface area contributed by atoms with Gasteiger partial charge in [-0.2, -0.15) is 0 Å². The largest absolute Gasteiger partial charge is 0.410 e. The number of Topliss-reactive ketones (excluding diaryl/α,β-unsaturated/α-hetero) is 1. The summed E-state index contributed by atoms with van der Waals surface area (Å²) in [7, 11) is 0. The molecule has 4 aromatic carbocycles. The van der Waals surface area contributed by atoms with Crippen LogP contribution in [0, 0.1) is 6.92 Å². The summed E-state index contributed by atoms with van der Waals surface area (Å²) in [5.41, 5.74) is 3.23. The molecule has 0 amide bonds. The predicted molar refractivity (Wildman–Crippen MR) is 131 cm³/mol. The Kier molecular flexibility index (Phi) is 6.81. The minimum absolute atomic E-state index is 0.00924. The van der Waals surface area contributed by atoms with Crippen LogP contribution in [-0.2, 0) is 0 Å². The Morgan fingerprint density at radius 1 is 0.667 bits per heavy atom. The third kappa shape index (κ3) is 5.10. The molecule has 0 bridgehead atoms. The van der Waals surface area contributed by atoms with E-state index in [1.165, 1.54) is 11.8 Å². The number of hydrogen-bond donors (Lipinski definition) is 1. The maximum atomic E-state index is 12.9. The number of hydrogen-bond acceptors (Lipinski definition) is 5. The zero-order chi connectivity index (χ0) is 23.2. The highest BCUT2D eigenvalue weighted by Gasteiger charge is 2.18. The van der Waals surface area contributed by atoms with Crippen LogP contribution in [0.4, 0.5) is 0 Å². The molecular weight excluding hydrogens is 430 g/mol. The Balaban J connectivity index is 1.46. The number of nitrogens with zero attached hydrogens (tertiary/aromatic N) is 1. The summed E-state index contributed by atoms with van der Waals surface area (Å²) in [5, 5.41) is 12.7. The molecule has 4 nitrogen and oxygen atoms in total. The highest BCUT2D eigenvalue weighted by Crippen LogP contribution is 2.28. The van der Waals surface area contributed by atoms with Gasteiger partial charge in [0.05, 0.1) is 0 Å². The second-order valence-corrected chi connectivity index (χ2v) is 8.59. The van der Waals surface area contributed by atoms with Gasteiger partial charge in [0.1, 0.15) is 0 Å². The zero-order valence-corrected chi connectivity index (χ0v) is 18.8. The molecule has 5 heteroatoms. The average molecular weight is 452 g/mol. The lowest BCUT2D eigenvalue weighted by molar-refractivity contribution is 0.103. The van der Waals surface area contributed by atoms with Gasteiger partial charge in [-0.3, -0.25) is 9.59 Å². The topological polar surface area (TPSA) is 66.7 Å². The minimum atomic E-state index is -0.341. The predicted octanol–water partition coefficient (Wildman–Crippen LogP) is 6.44. The van der Waals surface area contributed by atoms with Crippen molar-refractivity contribution < 1.29 is 14.8 Å². The van der Waals surface area contributed by atoms with Crippen molar-refractivity contribution in [1.29, 1.82) is 0 Å². The number of benzene rings is 4. The van der Waals surface area contributed by atoms with E-state index in [0.29, 0.717) is 22.3 Å². The molecule has 4 aromatic rings. The molecule has 0 saturated carbocycles. The molecular formula is C28H21NO3S. The van der Waals surface area contributed by atoms with Crippen LogP contribution in [0.3, 0.4) is 0 Å². The van der Waals surface area contributed by atoms with Gasteiger partial charge in [-0.1, -0.05) is 71.5 Å². The molecule has 0 fully saturated rings. The van der Waals surface area contributed by atoms with E-state index in [0.717, 1.165) is 15.4 Å². The Hall–Kier alpha value is -3.96. The van der Waals surface area contributed by atoms with Gasteiger partial charge in [0.2, 0.25) is 5.78 Å². The van der Waals surface area contributed by atoms with Crippen molar-refractivity contribution in [3.05, 3.63) is 131 Å². The zero-order valence-electron chi connectivity index (χ0n) is 17.9. The summed E-state index contributed by atoms with van der Waals surface area (Å²) in [6.07, 6.45) is 0. The van der Waals surface area contributed by atoms with Crippen LogP contribution >= 0.6 is 11.8 Å². The van der Waals surface area contributed by atoms with E-state index in [-0.39, 0.29) is 17.3 Å². The summed E-state index contributed by atoms with van der Waals surface area (Å²) in [6, 6.07) is 31.1. The van der Waals surface area contributed by atoms with Gasteiger partial charge in [-0.05, 0) is 61.0 Å². The van der Waals surface area contributed by atoms with E-state index in [4.69, 9.17) is 0 Å². The first-order valence-electron chi connectivity index (χ1n) is 10.4. The van der Waals surface area contributed by atoms with E-state index in [1.54, 1.807) is 36.4 Å². The van der Waals surface area contributed by atoms with E-state index < -0.39 is 0 Å². The monoisotopic (exact) mass is 451 g/mol. The maximum Gasteiger partial charge on any atom is 0.215 e. The van der Waals surface area contributed by atoms with E-state index in [2.05, 4.69) is 5.16 Å². The van der Waals surface area contributed by atoms with Gasteiger partial charge >= 0.3 is 0 Å². The average Bonchev–Trinajstić information content (AvgIpc) is 2.86. The molecule has 0 unspecified atom stereocenters. The Morgan fingerprint density at radius 3 is 1.76 bits per heavy atom.